The van der Waals surface area contributed by atoms with E-state index in [1.807, 2.05) is 0 Å². The molecule has 1 heterocycles. The Hall–Kier alpha value is -0.820. The lowest BCUT2D eigenvalue weighted by Crippen LogP contribution is -2.36. The van der Waals surface area contributed by atoms with E-state index < -0.39 is 0 Å². The molecule has 1 aliphatic rings. The lowest BCUT2D eigenvalue weighted by molar-refractivity contribution is 0.445. The topological polar surface area (TPSA) is 12.0 Å². The van der Waals surface area contributed by atoms with Crippen LogP contribution in [0, 0.1) is 13.8 Å². The Bertz CT molecular complexity index is 354. The van der Waals surface area contributed by atoms with Gasteiger partial charge in [0.25, 0.3) is 0 Å². The van der Waals surface area contributed by atoms with Crippen LogP contribution in [0.5, 0.6) is 0 Å². The summed E-state index contributed by atoms with van der Waals surface area (Å²) in [4.78, 5) is 0. The second kappa shape index (κ2) is 3.39. The molecule has 2 unspecified atom stereocenters. The predicted molar refractivity (Wildman–Crippen MR) is 60.6 cm³/mol. The zero-order valence-electron chi connectivity index (χ0n) is 9.52. The minimum absolute atomic E-state index is 0.507. The summed E-state index contributed by atoms with van der Waals surface area (Å²) < 4.78 is 0. The number of hydrogen-bond acceptors (Lipinski definition) is 1. The van der Waals surface area contributed by atoms with Crippen molar-refractivity contribution in [2.75, 3.05) is 0 Å². The van der Waals surface area contributed by atoms with Crippen molar-refractivity contribution < 1.29 is 0 Å². The highest BCUT2D eigenvalue weighted by atomic mass is 14.9. The van der Waals surface area contributed by atoms with Gasteiger partial charge >= 0.3 is 0 Å². The predicted octanol–water partition coefficient (Wildman–Crippen LogP) is 2.90. The van der Waals surface area contributed by atoms with Crippen LogP contribution < -0.4 is 5.32 Å². The third-order valence-electron chi connectivity index (χ3n) is 3.28. The molecule has 1 heteroatoms. The van der Waals surface area contributed by atoms with Crippen molar-refractivity contribution >= 4 is 0 Å². The summed E-state index contributed by atoms with van der Waals surface area (Å²) in [6, 6.07) is 5.82. The fourth-order valence-electron chi connectivity index (χ4n) is 2.38. The van der Waals surface area contributed by atoms with Gasteiger partial charge in [0, 0.05) is 12.1 Å². The van der Waals surface area contributed by atoms with E-state index in [1.54, 1.807) is 0 Å². The van der Waals surface area contributed by atoms with Crippen molar-refractivity contribution in [2.24, 2.45) is 0 Å². The average molecular weight is 189 g/mol. The third kappa shape index (κ3) is 1.57. The van der Waals surface area contributed by atoms with Gasteiger partial charge in [-0.3, -0.25) is 0 Å². The van der Waals surface area contributed by atoms with Crippen molar-refractivity contribution in [3.05, 3.63) is 34.4 Å². The largest absolute Gasteiger partial charge is 0.307 e. The Balaban J connectivity index is 2.49. The van der Waals surface area contributed by atoms with Gasteiger partial charge in [0.05, 0.1) is 0 Å². The maximum absolute atomic E-state index is 3.58. The van der Waals surface area contributed by atoms with Crippen LogP contribution in [0.2, 0.25) is 0 Å². The van der Waals surface area contributed by atoms with Crippen molar-refractivity contribution in [1.82, 2.24) is 5.32 Å². The molecule has 0 fully saturated rings. The van der Waals surface area contributed by atoms with Crippen molar-refractivity contribution in [1.29, 1.82) is 0 Å². The second-order valence-corrected chi connectivity index (χ2v) is 4.63. The molecule has 0 aromatic heterocycles. The fourth-order valence-corrected chi connectivity index (χ4v) is 2.38. The molecule has 1 N–H and O–H groups in total. The maximum atomic E-state index is 3.58. The van der Waals surface area contributed by atoms with Gasteiger partial charge in [-0.2, -0.15) is 0 Å². The molecule has 0 amide bonds. The van der Waals surface area contributed by atoms with Crippen LogP contribution in [-0.4, -0.2) is 6.04 Å². The van der Waals surface area contributed by atoms with Crippen LogP contribution in [0.15, 0.2) is 12.1 Å². The minimum atomic E-state index is 0.507. The molecule has 1 aliphatic heterocycles. The van der Waals surface area contributed by atoms with E-state index in [0.29, 0.717) is 12.1 Å². The second-order valence-electron chi connectivity index (χ2n) is 4.63. The molecule has 0 saturated carbocycles. The van der Waals surface area contributed by atoms with E-state index in [9.17, 15) is 0 Å². The lowest BCUT2D eigenvalue weighted by atomic mass is 9.88. The Morgan fingerprint density at radius 3 is 2.50 bits per heavy atom. The van der Waals surface area contributed by atoms with Gasteiger partial charge in [-0.15, -0.1) is 0 Å². The smallest absolute Gasteiger partial charge is 0.0297 e. The third-order valence-corrected chi connectivity index (χ3v) is 3.28. The summed E-state index contributed by atoms with van der Waals surface area (Å²) in [5.74, 6) is 0. The monoisotopic (exact) mass is 189 g/mol. The highest BCUT2D eigenvalue weighted by Crippen LogP contribution is 2.27. The zero-order chi connectivity index (χ0) is 10.3. The molecule has 2 rings (SSSR count). The molecule has 2 atom stereocenters. The summed E-state index contributed by atoms with van der Waals surface area (Å²) >= 11 is 0. The molecular formula is C13H19N. The van der Waals surface area contributed by atoms with E-state index >= 15 is 0 Å². The molecule has 14 heavy (non-hydrogen) atoms. The zero-order valence-corrected chi connectivity index (χ0v) is 9.52. The van der Waals surface area contributed by atoms with Crippen LogP contribution >= 0.6 is 0 Å². The normalized spacial score (nSPS) is 26.0. The molecule has 0 aliphatic carbocycles. The van der Waals surface area contributed by atoms with Crippen LogP contribution in [0.1, 0.15) is 42.1 Å². The summed E-state index contributed by atoms with van der Waals surface area (Å²) in [7, 11) is 0. The number of nitrogens with one attached hydrogen (secondary N) is 1. The van der Waals surface area contributed by atoms with Crippen molar-refractivity contribution in [3.63, 3.8) is 0 Å². The first-order chi connectivity index (χ1) is 6.58. The first kappa shape index (κ1) is 9.72. The first-order valence-electron chi connectivity index (χ1n) is 5.44. The number of rotatable bonds is 0. The van der Waals surface area contributed by atoms with E-state index in [4.69, 9.17) is 0 Å². The number of aryl methyl sites for hydroxylation is 2. The first-order valence-corrected chi connectivity index (χ1v) is 5.44. The van der Waals surface area contributed by atoms with Gasteiger partial charge in [-0.25, -0.2) is 0 Å². The Kier molecular flexibility index (Phi) is 2.36. The summed E-state index contributed by atoms with van der Waals surface area (Å²) in [6.45, 7) is 8.91. The van der Waals surface area contributed by atoms with Crippen LogP contribution in [0.4, 0.5) is 0 Å². The molecule has 0 radical (unpaired) electrons. The van der Waals surface area contributed by atoms with Gasteiger partial charge in [-0.05, 0) is 56.4 Å². The van der Waals surface area contributed by atoms with Crippen molar-refractivity contribution in [2.45, 2.75) is 46.2 Å². The Morgan fingerprint density at radius 2 is 1.79 bits per heavy atom. The molecule has 0 bridgehead atoms. The highest BCUT2D eigenvalue weighted by Gasteiger charge is 2.20. The highest BCUT2D eigenvalue weighted by molar-refractivity contribution is 5.40. The van der Waals surface area contributed by atoms with Gasteiger partial charge in [-0.1, -0.05) is 12.1 Å². The average Bonchev–Trinajstić information content (AvgIpc) is 2.08. The Labute approximate surface area is 86.5 Å². The van der Waals surface area contributed by atoms with Gasteiger partial charge in [0.2, 0.25) is 0 Å². The summed E-state index contributed by atoms with van der Waals surface area (Å²) in [5, 5.41) is 3.58. The SMILES string of the molecule is Cc1cc2c(cc1C)C(C)NC(C)C2. The minimum Gasteiger partial charge on any atom is -0.307 e. The van der Waals surface area contributed by atoms with E-state index in [-0.39, 0.29) is 0 Å². The molecule has 1 aromatic carbocycles. The number of benzene rings is 1. The molecule has 1 aromatic rings. The van der Waals surface area contributed by atoms with Crippen LogP contribution in [0.3, 0.4) is 0 Å². The standard InChI is InChI=1S/C13H19N/c1-8-5-12-7-10(3)14-11(4)13(12)6-9(8)2/h5-6,10-11,14H,7H2,1-4H3. The summed E-state index contributed by atoms with van der Waals surface area (Å²) in [5.41, 5.74) is 5.86. The van der Waals surface area contributed by atoms with E-state index in [0.717, 1.165) is 0 Å². The van der Waals surface area contributed by atoms with Gasteiger partial charge in [0.1, 0.15) is 0 Å². The van der Waals surface area contributed by atoms with Crippen LogP contribution in [-0.2, 0) is 6.42 Å². The fraction of sp³-hybridized carbons (Fsp3) is 0.538. The summed E-state index contributed by atoms with van der Waals surface area (Å²) in [6.07, 6.45) is 1.17. The van der Waals surface area contributed by atoms with Gasteiger partial charge in [0.15, 0.2) is 0 Å². The quantitative estimate of drug-likeness (QED) is 0.661. The molecule has 0 spiro atoms. The number of hydrogen-bond donors (Lipinski definition) is 1. The van der Waals surface area contributed by atoms with Gasteiger partial charge < -0.3 is 5.32 Å². The Morgan fingerprint density at radius 1 is 1.14 bits per heavy atom. The number of fused-ring (bicyclic) bond motifs is 1. The van der Waals surface area contributed by atoms with E-state index in [1.165, 1.54) is 28.7 Å². The maximum Gasteiger partial charge on any atom is 0.0297 e. The van der Waals surface area contributed by atoms with E-state index in [2.05, 4.69) is 45.1 Å². The lowest BCUT2D eigenvalue weighted by Gasteiger charge is -2.30. The van der Waals surface area contributed by atoms with Crippen LogP contribution in [0.25, 0.3) is 0 Å². The molecular weight excluding hydrogens is 170 g/mol. The molecule has 76 valence electrons. The molecule has 0 saturated heterocycles. The van der Waals surface area contributed by atoms with Crippen molar-refractivity contribution in [3.8, 4) is 0 Å². The molecule has 1 nitrogen and oxygen atoms in total.